The summed E-state index contributed by atoms with van der Waals surface area (Å²) in [6, 6.07) is 0.309. The average Bonchev–Trinajstić information content (AvgIpc) is 2.84. The van der Waals surface area contributed by atoms with Gasteiger partial charge in [-0.1, -0.05) is 6.92 Å². The predicted octanol–water partition coefficient (Wildman–Crippen LogP) is 1.96. The second kappa shape index (κ2) is 4.56. The monoisotopic (exact) mass is 207 g/mol. The van der Waals surface area contributed by atoms with Crippen molar-refractivity contribution in [2.45, 2.75) is 39.0 Å². The second-order valence-electron chi connectivity index (χ2n) is 3.00. The zero-order valence-electron chi connectivity index (χ0n) is 8.45. The lowest BCUT2D eigenvalue weighted by Gasteiger charge is -2.15. The van der Waals surface area contributed by atoms with E-state index in [2.05, 4.69) is 12.2 Å². The van der Waals surface area contributed by atoms with E-state index >= 15 is 0 Å². The highest BCUT2D eigenvalue weighted by Gasteiger charge is 2.51. The highest BCUT2D eigenvalue weighted by molar-refractivity contribution is 7.55. The van der Waals surface area contributed by atoms with E-state index in [0.717, 1.165) is 6.42 Å². The minimum atomic E-state index is -2.86. The molecular weight excluding hydrogens is 189 g/mol. The predicted molar refractivity (Wildman–Crippen MR) is 51.9 cm³/mol. The van der Waals surface area contributed by atoms with Crippen LogP contribution in [0.5, 0.6) is 0 Å². The number of nitrogens with one attached hydrogen (secondary N) is 1. The van der Waals surface area contributed by atoms with Gasteiger partial charge in [0.1, 0.15) is 5.78 Å². The molecule has 0 aromatic rings. The van der Waals surface area contributed by atoms with Crippen LogP contribution >= 0.6 is 7.60 Å². The smallest absolute Gasteiger partial charge is 0.308 e. The van der Waals surface area contributed by atoms with Gasteiger partial charge in [-0.15, -0.1) is 0 Å². The molecule has 5 heteroatoms. The fraction of sp³-hybridized carbons (Fsp3) is 1.00. The second-order valence-corrected chi connectivity index (χ2v) is 5.15. The van der Waals surface area contributed by atoms with Crippen LogP contribution in [0.2, 0.25) is 0 Å². The molecule has 0 amide bonds. The summed E-state index contributed by atoms with van der Waals surface area (Å²) in [6.45, 7) is 6.59. The Morgan fingerprint density at radius 3 is 2.08 bits per heavy atom. The van der Waals surface area contributed by atoms with E-state index in [4.69, 9.17) is 9.05 Å². The molecule has 4 nitrogen and oxygen atoms in total. The first-order valence-corrected chi connectivity index (χ1v) is 6.44. The van der Waals surface area contributed by atoms with Crippen molar-refractivity contribution in [3.8, 4) is 0 Å². The van der Waals surface area contributed by atoms with Gasteiger partial charge in [0.05, 0.1) is 13.2 Å². The Morgan fingerprint density at radius 2 is 1.77 bits per heavy atom. The lowest BCUT2D eigenvalue weighted by molar-refractivity contribution is 0.218. The molecule has 0 bridgehead atoms. The Balaban J connectivity index is 2.53. The Kier molecular flexibility index (Phi) is 3.92. The van der Waals surface area contributed by atoms with E-state index in [0.29, 0.717) is 19.3 Å². The summed E-state index contributed by atoms with van der Waals surface area (Å²) in [4.78, 5) is 0. The van der Waals surface area contributed by atoms with Crippen molar-refractivity contribution in [2.75, 3.05) is 13.2 Å². The third-order valence-electron chi connectivity index (χ3n) is 2.06. The van der Waals surface area contributed by atoms with E-state index in [-0.39, 0.29) is 5.78 Å². The number of hydrogen-bond donors (Lipinski definition) is 1. The fourth-order valence-electron chi connectivity index (χ4n) is 1.37. The van der Waals surface area contributed by atoms with Crippen molar-refractivity contribution in [3.05, 3.63) is 0 Å². The molecule has 0 spiro atoms. The number of rotatable bonds is 6. The van der Waals surface area contributed by atoms with Gasteiger partial charge in [-0.2, -0.15) is 0 Å². The molecule has 1 aliphatic rings. The zero-order chi connectivity index (χ0) is 9.90. The standard InChI is InChI=1S/C8H18NO3P/c1-4-7-8(9-7)13(10,11-5-2)12-6-3/h7-9H,4-6H2,1-3H3/t7-,8+/m1/s1. The molecule has 1 N–H and O–H groups in total. The first-order valence-electron chi connectivity index (χ1n) is 4.82. The van der Waals surface area contributed by atoms with Gasteiger partial charge in [0.25, 0.3) is 0 Å². The van der Waals surface area contributed by atoms with Gasteiger partial charge in [0, 0.05) is 6.04 Å². The van der Waals surface area contributed by atoms with Crippen LogP contribution < -0.4 is 5.32 Å². The van der Waals surface area contributed by atoms with E-state index < -0.39 is 7.60 Å². The van der Waals surface area contributed by atoms with Crippen molar-refractivity contribution in [1.82, 2.24) is 5.32 Å². The summed E-state index contributed by atoms with van der Waals surface area (Å²) >= 11 is 0. The van der Waals surface area contributed by atoms with Crippen molar-refractivity contribution in [2.24, 2.45) is 0 Å². The Hall–Kier alpha value is 0.110. The highest BCUT2D eigenvalue weighted by atomic mass is 31.2. The largest absolute Gasteiger partial charge is 0.349 e. The van der Waals surface area contributed by atoms with Crippen molar-refractivity contribution >= 4 is 7.60 Å². The Labute approximate surface area is 79.5 Å². The van der Waals surface area contributed by atoms with E-state index in [1.54, 1.807) is 0 Å². The third kappa shape index (κ3) is 2.53. The summed E-state index contributed by atoms with van der Waals surface area (Å²) < 4.78 is 22.4. The fourth-order valence-corrected chi connectivity index (χ4v) is 3.52. The molecule has 1 fully saturated rings. The minimum Gasteiger partial charge on any atom is -0.308 e. The molecule has 1 rings (SSSR count). The lowest BCUT2D eigenvalue weighted by Crippen LogP contribution is -2.04. The SMILES string of the molecule is CCOP(=O)(OCC)[C@@H]1N[C@@H]1CC. The zero-order valence-corrected chi connectivity index (χ0v) is 9.34. The average molecular weight is 207 g/mol. The van der Waals surface area contributed by atoms with Crippen molar-refractivity contribution < 1.29 is 13.6 Å². The van der Waals surface area contributed by atoms with Crippen LogP contribution in [0.3, 0.4) is 0 Å². The van der Waals surface area contributed by atoms with Gasteiger partial charge in [0.15, 0.2) is 0 Å². The maximum Gasteiger partial charge on any atom is 0.349 e. The molecule has 78 valence electrons. The molecule has 1 saturated heterocycles. The van der Waals surface area contributed by atoms with Gasteiger partial charge in [-0.05, 0) is 20.3 Å². The van der Waals surface area contributed by atoms with Crippen LogP contribution in [-0.2, 0) is 13.6 Å². The van der Waals surface area contributed by atoms with Gasteiger partial charge in [0.2, 0.25) is 0 Å². The summed E-state index contributed by atoms with van der Waals surface area (Å²) in [7, 11) is -2.86. The summed E-state index contributed by atoms with van der Waals surface area (Å²) in [6.07, 6.45) is 0.967. The Bertz CT molecular complexity index is 200. The van der Waals surface area contributed by atoms with Gasteiger partial charge < -0.3 is 9.05 Å². The maximum atomic E-state index is 12.0. The first kappa shape index (κ1) is 11.2. The molecule has 0 aliphatic carbocycles. The topological polar surface area (TPSA) is 57.5 Å². The van der Waals surface area contributed by atoms with Crippen LogP contribution in [0.4, 0.5) is 0 Å². The van der Waals surface area contributed by atoms with Crippen LogP contribution in [0, 0.1) is 0 Å². The quantitative estimate of drug-likeness (QED) is 0.534. The van der Waals surface area contributed by atoms with Gasteiger partial charge >= 0.3 is 7.60 Å². The summed E-state index contributed by atoms with van der Waals surface area (Å²) in [5.41, 5.74) is 0. The normalized spacial score (nSPS) is 27.6. The third-order valence-corrected chi connectivity index (χ3v) is 4.48. The lowest BCUT2D eigenvalue weighted by atomic mass is 10.4. The Morgan fingerprint density at radius 1 is 1.23 bits per heavy atom. The maximum absolute atomic E-state index is 12.0. The highest BCUT2D eigenvalue weighted by Crippen LogP contribution is 2.58. The molecular formula is C8H18NO3P. The van der Waals surface area contributed by atoms with Crippen LogP contribution in [0.25, 0.3) is 0 Å². The number of hydrogen-bond acceptors (Lipinski definition) is 4. The van der Waals surface area contributed by atoms with Gasteiger partial charge in [-0.25, -0.2) is 0 Å². The molecule has 0 aromatic heterocycles. The molecule has 1 aliphatic heterocycles. The molecule has 1 heterocycles. The van der Waals surface area contributed by atoms with E-state index in [1.165, 1.54) is 0 Å². The van der Waals surface area contributed by atoms with Crippen LogP contribution in [0.1, 0.15) is 27.2 Å². The first-order chi connectivity index (χ1) is 6.18. The van der Waals surface area contributed by atoms with Crippen LogP contribution in [-0.4, -0.2) is 25.0 Å². The molecule has 0 radical (unpaired) electrons. The van der Waals surface area contributed by atoms with Crippen LogP contribution in [0.15, 0.2) is 0 Å². The van der Waals surface area contributed by atoms with Crippen molar-refractivity contribution in [3.63, 3.8) is 0 Å². The molecule has 0 unspecified atom stereocenters. The van der Waals surface area contributed by atoms with E-state index in [1.807, 2.05) is 13.8 Å². The summed E-state index contributed by atoms with van der Waals surface area (Å²) in [5, 5.41) is 3.12. The molecule has 13 heavy (non-hydrogen) atoms. The molecule has 0 saturated carbocycles. The van der Waals surface area contributed by atoms with E-state index in [9.17, 15) is 4.57 Å². The molecule has 0 aromatic carbocycles. The summed E-state index contributed by atoms with van der Waals surface area (Å²) in [5.74, 6) is -0.0719. The molecule has 2 atom stereocenters. The van der Waals surface area contributed by atoms with Gasteiger partial charge in [-0.3, -0.25) is 9.88 Å². The minimum absolute atomic E-state index is 0.0719. The van der Waals surface area contributed by atoms with Crippen molar-refractivity contribution in [1.29, 1.82) is 0 Å².